The van der Waals surface area contributed by atoms with Crippen molar-refractivity contribution in [3.8, 4) is 0 Å². The second-order valence-corrected chi connectivity index (χ2v) is 15.6. The van der Waals surface area contributed by atoms with Gasteiger partial charge in [-0.1, -0.05) is 111 Å². The molecule has 0 radical (unpaired) electrons. The Bertz CT molecular complexity index is 1470. The number of rotatable bonds is 10. The number of aliphatic hydroxyl groups excluding tert-OH is 1. The molecule has 5 atom stereocenters. The average Bonchev–Trinajstić information content (AvgIpc) is 3.53. The molecule has 256 valence electrons. The summed E-state index contributed by atoms with van der Waals surface area (Å²) in [5, 5.41) is 21.4. The van der Waals surface area contributed by atoms with Gasteiger partial charge in [0.15, 0.2) is 0 Å². The van der Waals surface area contributed by atoms with Gasteiger partial charge >= 0.3 is 5.97 Å². The van der Waals surface area contributed by atoms with E-state index >= 15 is 0 Å². The third kappa shape index (κ3) is 9.90. The zero-order chi connectivity index (χ0) is 35.3. The first-order valence-electron chi connectivity index (χ1n) is 16.9. The molecule has 3 fully saturated rings. The molecule has 5 heteroatoms. The van der Waals surface area contributed by atoms with Crippen LogP contribution in [0.4, 0.5) is 0 Å². The maximum atomic E-state index is 11.4. The minimum atomic E-state index is -1.09. The van der Waals surface area contributed by atoms with Gasteiger partial charge in [0.2, 0.25) is 0 Å². The van der Waals surface area contributed by atoms with Gasteiger partial charge in [0.25, 0.3) is 0 Å². The number of esters is 1. The van der Waals surface area contributed by atoms with Crippen molar-refractivity contribution >= 4 is 5.97 Å². The molecule has 0 amide bonds. The molecule has 0 aromatic carbocycles. The summed E-state index contributed by atoms with van der Waals surface area (Å²) in [5.74, 6) is -0.318. The van der Waals surface area contributed by atoms with Gasteiger partial charge in [0.05, 0.1) is 11.7 Å². The molecule has 2 N–H and O–H groups in total. The summed E-state index contributed by atoms with van der Waals surface area (Å²) >= 11 is 0. The van der Waals surface area contributed by atoms with Crippen LogP contribution in [0, 0.1) is 10.8 Å². The normalized spacial score (nSPS) is 33.1. The first-order valence-corrected chi connectivity index (χ1v) is 16.9. The highest BCUT2D eigenvalue weighted by atomic mass is 16.6. The molecule has 0 unspecified atom stereocenters. The molecule has 0 spiro atoms. The van der Waals surface area contributed by atoms with Gasteiger partial charge in [-0.15, -0.1) is 5.73 Å². The Hall–Kier alpha value is -3.21. The zero-order valence-electron chi connectivity index (χ0n) is 30.6. The standard InChI is InChI=1S/C42H58O5/c1-30(18-14-20-32(3)22-23-37-38(6,7)28-36(46-34(5)43)29-40(37,10)45)16-12-13-17-31(2)19-15-21-33(4)24-25-42-39(8,9)26-35(44)27-41(42,11)47-42/h12-22,24-25,35-36,44-45H,26-29H2,1-11H3/b13-12+,18-14+,19-15+,25-24+,30-16+,31-17+,32-20+,33-21+/t23?,35-,36+,40-,41-,42+/m0/s1. The van der Waals surface area contributed by atoms with E-state index < -0.39 is 5.60 Å². The maximum absolute atomic E-state index is 11.4. The summed E-state index contributed by atoms with van der Waals surface area (Å²) in [5.41, 5.74) is 6.50. The molecule has 0 aromatic rings. The topological polar surface area (TPSA) is 79.3 Å². The number of carbonyl (C=O) groups is 1. The number of hydrogen-bond acceptors (Lipinski definition) is 5. The van der Waals surface area contributed by atoms with Crippen molar-refractivity contribution in [3.63, 3.8) is 0 Å². The number of allylic oxidation sites excluding steroid dienone is 15. The Balaban J connectivity index is 1.54. The van der Waals surface area contributed by atoms with E-state index in [4.69, 9.17) is 9.47 Å². The van der Waals surface area contributed by atoms with Crippen molar-refractivity contribution in [2.45, 2.75) is 131 Å². The van der Waals surface area contributed by atoms with Crippen LogP contribution in [-0.4, -0.2) is 45.2 Å². The van der Waals surface area contributed by atoms with Crippen LogP contribution in [0.1, 0.15) is 102 Å². The van der Waals surface area contributed by atoms with Gasteiger partial charge in [-0.2, -0.15) is 0 Å². The second-order valence-electron chi connectivity index (χ2n) is 15.6. The highest BCUT2D eigenvalue weighted by Gasteiger charge is 2.74. The summed E-state index contributed by atoms with van der Waals surface area (Å²) in [6.45, 7) is 22.0. The molecule has 1 saturated heterocycles. The Morgan fingerprint density at radius 1 is 0.766 bits per heavy atom. The third-order valence-electron chi connectivity index (χ3n) is 9.71. The van der Waals surface area contributed by atoms with Gasteiger partial charge in [-0.25, -0.2) is 0 Å². The lowest BCUT2D eigenvalue weighted by atomic mass is 9.63. The van der Waals surface area contributed by atoms with Crippen molar-refractivity contribution in [2.24, 2.45) is 10.8 Å². The van der Waals surface area contributed by atoms with E-state index in [1.54, 1.807) is 6.92 Å². The largest absolute Gasteiger partial charge is 0.462 e. The Morgan fingerprint density at radius 3 is 1.83 bits per heavy atom. The van der Waals surface area contributed by atoms with Crippen LogP contribution in [0.25, 0.3) is 0 Å². The molecular formula is C42H58O5. The third-order valence-corrected chi connectivity index (χ3v) is 9.71. The van der Waals surface area contributed by atoms with E-state index in [2.05, 4.69) is 110 Å². The number of aliphatic hydroxyl groups is 2. The smallest absolute Gasteiger partial charge is 0.302 e. The lowest BCUT2D eigenvalue weighted by Gasteiger charge is -2.44. The van der Waals surface area contributed by atoms with E-state index in [0.29, 0.717) is 19.3 Å². The van der Waals surface area contributed by atoms with E-state index in [9.17, 15) is 15.0 Å². The molecule has 1 heterocycles. The van der Waals surface area contributed by atoms with Crippen molar-refractivity contribution < 1.29 is 24.5 Å². The minimum Gasteiger partial charge on any atom is -0.462 e. The minimum absolute atomic E-state index is 0.109. The van der Waals surface area contributed by atoms with Crippen molar-refractivity contribution in [1.82, 2.24) is 0 Å². The van der Waals surface area contributed by atoms with Crippen LogP contribution in [0.3, 0.4) is 0 Å². The number of fused-ring (bicyclic) bond motifs is 1. The van der Waals surface area contributed by atoms with Gasteiger partial charge in [-0.05, 0) is 77.5 Å². The monoisotopic (exact) mass is 642 g/mol. The molecule has 3 aliphatic rings. The Labute approximate surface area is 284 Å². The highest BCUT2D eigenvalue weighted by Crippen LogP contribution is 2.66. The van der Waals surface area contributed by atoms with Gasteiger partial charge in [-0.3, -0.25) is 4.79 Å². The van der Waals surface area contributed by atoms with E-state index in [0.717, 1.165) is 34.3 Å². The van der Waals surface area contributed by atoms with Crippen LogP contribution >= 0.6 is 0 Å². The first-order chi connectivity index (χ1) is 21.7. The number of carbonyl (C=O) groups excluding carboxylic acids is 1. The fourth-order valence-corrected chi connectivity index (χ4v) is 7.53. The number of epoxide rings is 1. The van der Waals surface area contributed by atoms with E-state index in [-0.39, 0.29) is 40.2 Å². The highest BCUT2D eigenvalue weighted by molar-refractivity contribution is 5.66. The van der Waals surface area contributed by atoms with Gasteiger partial charge < -0.3 is 19.7 Å². The zero-order valence-corrected chi connectivity index (χ0v) is 30.6. The number of hydrogen-bond donors (Lipinski definition) is 2. The van der Waals surface area contributed by atoms with E-state index in [1.807, 2.05) is 37.3 Å². The summed E-state index contributed by atoms with van der Waals surface area (Å²) < 4.78 is 11.7. The lowest BCUT2D eigenvalue weighted by Crippen LogP contribution is -2.46. The van der Waals surface area contributed by atoms with Gasteiger partial charge in [0.1, 0.15) is 17.3 Å². The summed E-state index contributed by atoms with van der Waals surface area (Å²) in [6.07, 6.45) is 28.7. The SMILES string of the molecule is CC(=O)O[C@@H]1CC(C)(C)C(=C=C/C(C)=C/C=C/C(C)=C/C=C/C=C(C)/C=C/C=C(C)/C=C/[C@]23O[C@@]2(C)C[C@@H](O)CC3(C)C)[C@@](C)(O)C1. The Kier molecular flexibility index (Phi) is 12.1. The van der Waals surface area contributed by atoms with Crippen molar-refractivity contribution in [3.05, 3.63) is 113 Å². The lowest BCUT2D eigenvalue weighted by molar-refractivity contribution is -0.152. The fourth-order valence-electron chi connectivity index (χ4n) is 7.53. The quantitative estimate of drug-likeness (QED) is 0.107. The van der Waals surface area contributed by atoms with E-state index in [1.165, 1.54) is 6.92 Å². The molecule has 5 nitrogen and oxygen atoms in total. The van der Waals surface area contributed by atoms with Crippen LogP contribution in [0.5, 0.6) is 0 Å². The van der Waals surface area contributed by atoms with Gasteiger partial charge in [0, 0.05) is 30.8 Å². The second kappa shape index (κ2) is 14.9. The summed E-state index contributed by atoms with van der Waals surface area (Å²) in [4.78, 5) is 11.4. The molecule has 3 rings (SSSR count). The predicted octanol–water partition coefficient (Wildman–Crippen LogP) is 9.29. The molecule has 2 saturated carbocycles. The first kappa shape index (κ1) is 38.2. The number of ether oxygens (including phenoxy) is 2. The molecule has 2 aliphatic carbocycles. The molecular weight excluding hydrogens is 584 g/mol. The van der Waals surface area contributed by atoms with Crippen LogP contribution < -0.4 is 0 Å². The van der Waals surface area contributed by atoms with Crippen LogP contribution in [0.15, 0.2) is 113 Å². The van der Waals surface area contributed by atoms with Crippen LogP contribution in [-0.2, 0) is 14.3 Å². The average molecular weight is 643 g/mol. The molecule has 0 bridgehead atoms. The molecule has 47 heavy (non-hydrogen) atoms. The molecule has 0 aromatic heterocycles. The van der Waals surface area contributed by atoms with Crippen molar-refractivity contribution in [1.29, 1.82) is 0 Å². The predicted molar refractivity (Wildman–Crippen MR) is 194 cm³/mol. The van der Waals surface area contributed by atoms with Crippen molar-refractivity contribution in [2.75, 3.05) is 0 Å². The maximum Gasteiger partial charge on any atom is 0.302 e. The van der Waals surface area contributed by atoms with Crippen LogP contribution in [0.2, 0.25) is 0 Å². The fraction of sp³-hybridized carbons (Fsp3) is 0.524. The molecule has 1 aliphatic heterocycles. The summed E-state index contributed by atoms with van der Waals surface area (Å²) in [6, 6.07) is 0. The summed E-state index contributed by atoms with van der Waals surface area (Å²) in [7, 11) is 0. The Morgan fingerprint density at radius 2 is 1.30 bits per heavy atom.